The van der Waals surface area contributed by atoms with E-state index in [1.807, 2.05) is 12.1 Å². The van der Waals surface area contributed by atoms with Crippen LogP contribution in [0.1, 0.15) is 0 Å². The summed E-state index contributed by atoms with van der Waals surface area (Å²) in [6.07, 6.45) is 0. The summed E-state index contributed by atoms with van der Waals surface area (Å²) in [4.78, 5) is 0. The molecular weight excluding hydrogens is 224 g/mol. The second-order valence-electron chi connectivity index (χ2n) is 3.40. The first kappa shape index (κ1) is 12.2. The number of hydrogen-bond donors (Lipinski definition) is 3. The molecule has 2 aromatic rings. The number of phenolic OH excluding ortho intramolecular Hbond substituents is 1. The first-order valence-corrected chi connectivity index (χ1v) is 4.61. The lowest BCUT2D eigenvalue weighted by atomic mass is 10.0. The molecule has 0 atom stereocenters. The molecule has 5 N–H and O–H groups in total. The van der Waals surface area contributed by atoms with Crippen LogP contribution in [0, 0.1) is 0 Å². The molecule has 0 radical (unpaired) electrons. The molecule has 84 valence electrons. The maximum Gasteiger partial charge on any atom is 0.125 e. The fraction of sp³-hybridized carbons (Fsp3) is 0. The first-order valence-electron chi connectivity index (χ1n) is 4.61. The number of anilines is 2. The van der Waals surface area contributed by atoms with E-state index in [0.717, 1.165) is 11.1 Å². The number of hydrogen-bond acceptors (Lipinski definition) is 3. The van der Waals surface area contributed by atoms with E-state index in [9.17, 15) is 5.11 Å². The summed E-state index contributed by atoms with van der Waals surface area (Å²) in [6.45, 7) is 0. The third-order valence-corrected chi connectivity index (χ3v) is 2.24. The second-order valence-corrected chi connectivity index (χ2v) is 3.40. The Kier molecular flexibility index (Phi) is 3.64. The molecule has 16 heavy (non-hydrogen) atoms. The molecule has 3 nitrogen and oxygen atoms in total. The van der Waals surface area contributed by atoms with Crippen molar-refractivity contribution < 1.29 is 5.11 Å². The van der Waals surface area contributed by atoms with E-state index < -0.39 is 0 Å². The van der Waals surface area contributed by atoms with Gasteiger partial charge < -0.3 is 16.6 Å². The van der Waals surface area contributed by atoms with Crippen LogP contribution in [-0.4, -0.2) is 5.11 Å². The van der Waals surface area contributed by atoms with E-state index >= 15 is 0 Å². The van der Waals surface area contributed by atoms with Crippen LogP contribution >= 0.6 is 12.4 Å². The van der Waals surface area contributed by atoms with Gasteiger partial charge in [0.05, 0.1) is 0 Å². The number of phenols is 1. The number of rotatable bonds is 1. The Bertz CT molecular complexity index is 483. The van der Waals surface area contributed by atoms with Crippen molar-refractivity contribution in [3.63, 3.8) is 0 Å². The quantitative estimate of drug-likeness (QED) is 0.667. The number of nitrogens with two attached hydrogens (primary N) is 2. The topological polar surface area (TPSA) is 72.3 Å². The summed E-state index contributed by atoms with van der Waals surface area (Å²) >= 11 is 0. The molecule has 0 aliphatic rings. The molecule has 0 aliphatic carbocycles. The van der Waals surface area contributed by atoms with Crippen LogP contribution in [-0.2, 0) is 0 Å². The number of aromatic hydroxyl groups is 1. The smallest absolute Gasteiger partial charge is 0.125 e. The summed E-state index contributed by atoms with van der Waals surface area (Å²) in [7, 11) is 0. The van der Waals surface area contributed by atoms with Gasteiger partial charge in [-0.2, -0.15) is 0 Å². The van der Waals surface area contributed by atoms with E-state index in [4.69, 9.17) is 11.5 Å². The van der Waals surface area contributed by atoms with Crippen molar-refractivity contribution in [1.29, 1.82) is 0 Å². The Balaban J connectivity index is 0.00000128. The molecule has 0 saturated heterocycles. The standard InChI is InChI=1S/C12H12N2O.ClH/c13-9-3-1-8(2-4-9)11-6-5-10(14)7-12(11)15;/h1-7,15H,13-14H2;1H. The summed E-state index contributed by atoms with van der Waals surface area (Å²) in [6, 6.07) is 12.4. The van der Waals surface area contributed by atoms with Crippen LogP contribution in [0.25, 0.3) is 11.1 Å². The Morgan fingerprint density at radius 2 is 1.38 bits per heavy atom. The van der Waals surface area contributed by atoms with E-state index in [1.165, 1.54) is 6.07 Å². The minimum Gasteiger partial charge on any atom is -0.507 e. The monoisotopic (exact) mass is 236 g/mol. The predicted octanol–water partition coefficient (Wildman–Crippen LogP) is 2.65. The lowest BCUT2D eigenvalue weighted by Crippen LogP contribution is -1.87. The van der Waals surface area contributed by atoms with Crippen molar-refractivity contribution in [2.45, 2.75) is 0 Å². The molecule has 2 rings (SSSR count). The maximum absolute atomic E-state index is 9.70. The molecule has 4 heteroatoms. The molecule has 2 aromatic carbocycles. The minimum atomic E-state index is 0. The molecule has 0 unspecified atom stereocenters. The van der Waals surface area contributed by atoms with Gasteiger partial charge in [-0.15, -0.1) is 12.4 Å². The fourth-order valence-corrected chi connectivity index (χ4v) is 1.46. The molecule has 0 spiro atoms. The predicted molar refractivity (Wildman–Crippen MR) is 69.6 cm³/mol. The van der Waals surface area contributed by atoms with Crippen LogP contribution in [0.2, 0.25) is 0 Å². The summed E-state index contributed by atoms with van der Waals surface area (Å²) in [5, 5.41) is 9.70. The highest BCUT2D eigenvalue weighted by Crippen LogP contribution is 2.30. The van der Waals surface area contributed by atoms with Gasteiger partial charge in [0, 0.05) is 23.0 Å². The van der Waals surface area contributed by atoms with Gasteiger partial charge in [0.15, 0.2) is 0 Å². The highest BCUT2D eigenvalue weighted by atomic mass is 35.5. The summed E-state index contributed by atoms with van der Waals surface area (Å²) < 4.78 is 0. The molecule has 0 saturated carbocycles. The summed E-state index contributed by atoms with van der Waals surface area (Å²) in [5.74, 6) is 0.180. The molecule has 0 fully saturated rings. The van der Waals surface area contributed by atoms with E-state index in [2.05, 4.69) is 0 Å². The van der Waals surface area contributed by atoms with Crippen molar-refractivity contribution in [2.24, 2.45) is 0 Å². The molecule has 0 heterocycles. The van der Waals surface area contributed by atoms with E-state index in [-0.39, 0.29) is 18.2 Å². The van der Waals surface area contributed by atoms with Crippen LogP contribution in [0.4, 0.5) is 11.4 Å². The molecule has 0 amide bonds. The Labute approximate surface area is 100 Å². The van der Waals surface area contributed by atoms with Crippen LogP contribution in [0.3, 0.4) is 0 Å². The van der Waals surface area contributed by atoms with Crippen molar-refractivity contribution >= 4 is 23.8 Å². The molecule has 0 aromatic heterocycles. The van der Waals surface area contributed by atoms with Gasteiger partial charge in [-0.1, -0.05) is 12.1 Å². The zero-order chi connectivity index (χ0) is 10.8. The van der Waals surface area contributed by atoms with Gasteiger partial charge in [0.2, 0.25) is 0 Å². The average molecular weight is 237 g/mol. The Hall–Kier alpha value is -1.87. The number of nitrogen functional groups attached to an aromatic ring is 2. The summed E-state index contributed by atoms with van der Waals surface area (Å²) in [5.41, 5.74) is 14.1. The van der Waals surface area contributed by atoms with Crippen molar-refractivity contribution in [3.8, 4) is 16.9 Å². The molecular formula is C12H13ClN2O. The zero-order valence-corrected chi connectivity index (χ0v) is 9.37. The van der Waals surface area contributed by atoms with E-state index in [1.54, 1.807) is 24.3 Å². The molecule has 0 bridgehead atoms. The lowest BCUT2D eigenvalue weighted by Gasteiger charge is -2.05. The van der Waals surface area contributed by atoms with Gasteiger partial charge >= 0.3 is 0 Å². The zero-order valence-electron chi connectivity index (χ0n) is 8.55. The van der Waals surface area contributed by atoms with Crippen LogP contribution in [0.15, 0.2) is 42.5 Å². The maximum atomic E-state index is 9.70. The highest BCUT2D eigenvalue weighted by molar-refractivity contribution is 5.85. The largest absolute Gasteiger partial charge is 0.507 e. The fourth-order valence-electron chi connectivity index (χ4n) is 1.46. The molecule has 0 aliphatic heterocycles. The number of benzene rings is 2. The third-order valence-electron chi connectivity index (χ3n) is 2.24. The second kappa shape index (κ2) is 4.77. The average Bonchev–Trinajstić information content (AvgIpc) is 2.20. The number of halogens is 1. The van der Waals surface area contributed by atoms with Crippen molar-refractivity contribution in [1.82, 2.24) is 0 Å². The third kappa shape index (κ3) is 2.38. The van der Waals surface area contributed by atoms with Crippen molar-refractivity contribution in [2.75, 3.05) is 11.5 Å². The van der Waals surface area contributed by atoms with Gasteiger partial charge in [-0.25, -0.2) is 0 Å². The Morgan fingerprint density at radius 1 is 0.812 bits per heavy atom. The first-order chi connectivity index (χ1) is 7.16. The Morgan fingerprint density at radius 3 is 1.94 bits per heavy atom. The minimum absolute atomic E-state index is 0. The van der Waals surface area contributed by atoms with Gasteiger partial charge in [-0.05, 0) is 29.8 Å². The van der Waals surface area contributed by atoms with Gasteiger partial charge in [0.25, 0.3) is 0 Å². The lowest BCUT2D eigenvalue weighted by molar-refractivity contribution is 0.477. The van der Waals surface area contributed by atoms with E-state index in [0.29, 0.717) is 11.4 Å². The highest BCUT2D eigenvalue weighted by Gasteiger charge is 2.03. The SMILES string of the molecule is Cl.Nc1ccc(-c2ccc(N)cc2O)cc1. The van der Waals surface area contributed by atoms with Crippen LogP contribution in [0.5, 0.6) is 5.75 Å². The van der Waals surface area contributed by atoms with Gasteiger partial charge in [-0.3, -0.25) is 0 Å². The van der Waals surface area contributed by atoms with Crippen LogP contribution < -0.4 is 11.5 Å². The van der Waals surface area contributed by atoms with Gasteiger partial charge in [0.1, 0.15) is 5.75 Å². The van der Waals surface area contributed by atoms with Crippen molar-refractivity contribution in [3.05, 3.63) is 42.5 Å². The normalized spacial score (nSPS) is 9.50.